The van der Waals surface area contributed by atoms with Crippen LogP contribution < -0.4 is 0 Å². The maximum atomic E-state index is 2.52. The molecule has 0 N–H and O–H groups in total. The van der Waals surface area contributed by atoms with Crippen LogP contribution in [0.2, 0.25) is 0 Å². The highest BCUT2D eigenvalue weighted by Gasteiger charge is 2.39. The summed E-state index contributed by atoms with van der Waals surface area (Å²) in [6, 6.07) is 32.0. The Morgan fingerprint density at radius 1 is 0.667 bits per heavy atom. The normalized spacial score (nSPS) is 15.6. The predicted molar refractivity (Wildman–Crippen MR) is 157 cm³/mol. The van der Waals surface area contributed by atoms with Crippen molar-refractivity contribution in [3.8, 4) is 22.3 Å². The lowest BCUT2D eigenvalue weighted by Crippen LogP contribution is -2.16. The molecule has 2 atom stereocenters. The lowest BCUT2D eigenvalue weighted by Gasteiger charge is -2.26. The summed E-state index contributed by atoms with van der Waals surface area (Å²) < 4.78 is 0. The van der Waals surface area contributed by atoms with Gasteiger partial charge >= 0.3 is 0 Å². The summed E-state index contributed by atoms with van der Waals surface area (Å²) >= 11 is 0. The molecule has 1 aliphatic rings. The molecule has 6 rings (SSSR count). The molecule has 0 amide bonds. The quantitative estimate of drug-likeness (QED) is 0.230. The summed E-state index contributed by atoms with van der Waals surface area (Å²) in [6.45, 7) is 14.2. The minimum atomic E-state index is -0.0754. The molecule has 180 valence electrons. The number of aryl methyl sites for hydroxylation is 1. The van der Waals surface area contributed by atoms with Crippen LogP contribution >= 0.6 is 0 Å². The Kier molecular flexibility index (Phi) is 5.34. The lowest BCUT2D eigenvalue weighted by atomic mass is 9.77. The Bertz CT molecular complexity index is 1630. The van der Waals surface area contributed by atoms with Gasteiger partial charge in [-0.2, -0.15) is 0 Å². The Labute approximate surface area is 216 Å². The van der Waals surface area contributed by atoms with Crippen molar-refractivity contribution in [2.75, 3.05) is 0 Å². The topological polar surface area (TPSA) is 0 Å². The first-order valence-electron chi connectivity index (χ1n) is 13.5. The first-order valence-corrected chi connectivity index (χ1v) is 13.5. The molecule has 1 aliphatic carbocycles. The molecule has 0 aliphatic heterocycles. The zero-order chi connectivity index (χ0) is 25.2. The molecule has 0 saturated carbocycles. The van der Waals surface area contributed by atoms with E-state index in [9.17, 15) is 0 Å². The van der Waals surface area contributed by atoms with Gasteiger partial charge in [-0.15, -0.1) is 0 Å². The second kappa shape index (κ2) is 8.34. The van der Waals surface area contributed by atoms with Crippen LogP contribution in [-0.2, 0) is 5.41 Å². The highest BCUT2D eigenvalue weighted by Crippen LogP contribution is 2.55. The van der Waals surface area contributed by atoms with Crippen LogP contribution in [0.4, 0.5) is 0 Å². The summed E-state index contributed by atoms with van der Waals surface area (Å²) in [6.07, 6.45) is 1.20. The molecule has 5 aromatic rings. The van der Waals surface area contributed by atoms with Crippen LogP contribution in [0.1, 0.15) is 69.2 Å². The van der Waals surface area contributed by atoms with E-state index < -0.39 is 0 Å². The highest BCUT2D eigenvalue weighted by atomic mass is 14.4. The van der Waals surface area contributed by atoms with E-state index in [-0.39, 0.29) is 5.41 Å². The first-order chi connectivity index (χ1) is 17.3. The van der Waals surface area contributed by atoms with Gasteiger partial charge in [-0.25, -0.2) is 0 Å². The summed E-state index contributed by atoms with van der Waals surface area (Å²) in [5, 5.41) is 5.47. The third-order valence-electron chi connectivity index (χ3n) is 9.10. The van der Waals surface area contributed by atoms with Crippen molar-refractivity contribution >= 4 is 21.5 Å². The van der Waals surface area contributed by atoms with Crippen molar-refractivity contribution in [1.29, 1.82) is 0 Å². The fraction of sp³-hybridized carbons (Fsp3) is 0.278. The van der Waals surface area contributed by atoms with Crippen molar-refractivity contribution in [2.45, 2.75) is 59.3 Å². The lowest BCUT2D eigenvalue weighted by molar-refractivity contribution is 0.474. The first kappa shape index (κ1) is 23.0. The molecule has 2 unspecified atom stereocenters. The minimum absolute atomic E-state index is 0.0754. The SMILES string of the molecule is CCC(C)C(C)c1ccccc1-c1cc2c(cc1C)-c1c(c3ccccc3c3ccccc13)C2(C)C. The summed E-state index contributed by atoms with van der Waals surface area (Å²) in [5.41, 5.74) is 11.3. The average Bonchev–Trinajstić information content (AvgIpc) is 3.13. The molecule has 0 spiro atoms. The molecule has 5 aromatic carbocycles. The standard InChI is InChI=1S/C36H36/c1-7-22(2)24(4)25-14-8-9-15-26(25)31-21-33-32(20-23(31)3)34-29-18-12-10-16-27(29)28-17-11-13-19-30(28)35(34)36(33,5)6/h8-22,24H,7H2,1-6H3. The van der Waals surface area contributed by atoms with Gasteiger partial charge in [0.25, 0.3) is 0 Å². The second-order valence-electron chi connectivity index (χ2n) is 11.4. The molecule has 0 heteroatoms. The number of fused-ring (bicyclic) bond motifs is 8. The highest BCUT2D eigenvalue weighted by molar-refractivity contribution is 6.18. The molecule has 0 bridgehead atoms. The molecule has 0 heterocycles. The van der Waals surface area contributed by atoms with E-state index in [2.05, 4.69) is 126 Å². The number of hydrogen-bond acceptors (Lipinski definition) is 0. The average molecular weight is 469 g/mol. The van der Waals surface area contributed by atoms with Gasteiger partial charge in [-0.1, -0.05) is 120 Å². The zero-order valence-corrected chi connectivity index (χ0v) is 22.4. The fourth-order valence-corrected chi connectivity index (χ4v) is 6.73. The zero-order valence-electron chi connectivity index (χ0n) is 22.4. The van der Waals surface area contributed by atoms with E-state index in [0.717, 1.165) is 0 Å². The number of benzene rings is 5. The van der Waals surface area contributed by atoms with E-state index in [4.69, 9.17) is 0 Å². The van der Waals surface area contributed by atoms with E-state index in [0.29, 0.717) is 11.8 Å². The van der Waals surface area contributed by atoms with Crippen molar-refractivity contribution in [3.05, 3.63) is 107 Å². The van der Waals surface area contributed by atoms with E-state index in [1.165, 1.54) is 72.5 Å². The largest absolute Gasteiger partial charge is 0.0651 e. The Balaban J connectivity index is 1.66. The molecule has 0 nitrogen and oxygen atoms in total. The smallest absolute Gasteiger partial charge is 0.0165 e. The molecular weight excluding hydrogens is 432 g/mol. The minimum Gasteiger partial charge on any atom is -0.0651 e. The second-order valence-corrected chi connectivity index (χ2v) is 11.4. The Morgan fingerprint density at radius 2 is 1.25 bits per heavy atom. The molecule has 0 aromatic heterocycles. The number of rotatable bonds is 4. The maximum absolute atomic E-state index is 2.52. The maximum Gasteiger partial charge on any atom is 0.0165 e. The molecule has 0 fully saturated rings. The summed E-state index contributed by atoms with van der Waals surface area (Å²) in [7, 11) is 0. The van der Waals surface area contributed by atoms with Crippen LogP contribution in [0, 0.1) is 12.8 Å². The van der Waals surface area contributed by atoms with Gasteiger partial charge in [-0.05, 0) is 90.9 Å². The van der Waals surface area contributed by atoms with Gasteiger partial charge in [0.05, 0.1) is 0 Å². The van der Waals surface area contributed by atoms with Gasteiger partial charge in [0.15, 0.2) is 0 Å². The summed E-state index contributed by atoms with van der Waals surface area (Å²) in [4.78, 5) is 0. The molecule has 0 radical (unpaired) electrons. The van der Waals surface area contributed by atoms with E-state index in [1.807, 2.05) is 0 Å². The van der Waals surface area contributed by atoms with Crippen LogP contribution in [0.25, 0.3) is 43.8 Å². The van der Waals surface area contributed by atoms with Crippen LogP contribution in [0.15, 0.2) is 84.9 Å². The third-order valence-corrected chi connectivity index (χ3v) is 9.10. The van der Waals surface area contributed by atoms with Gasteiger partial charge in [0.1, 0.15) is 0 Å². The summed E-state index contributed by atoms with van der Waals surface area (Å²) in [5.74, 6) is 1.18. The Hall–Kier alpha value is -3.38. The monoisotopic (exact) mass is 468 g/mol. The van der Waals surface area contributed by atoms with Gasteiger partial charge in [0.2, 0.25) is 0 Å². The van der Waals surface area contributed by atoms with Gasteiger partial charge in [0, 0.05) is 5.41 Å². The number of hydrogen-bond donors (Lipinski definition) is 0. The van der Waals surface area contributed by atoms with Crippen molar-refractivity contribution < 1.29 is 0 Å². The Morgan fingerprint density at radius 3 is 1.94 bits per heavy atom. The molecule has 0 saturated heterocycles. The predicted octanol–water partition coefficient (Wildman–Crippen LogP) is 10.4. The third kappa shape index (κ3) is 3.20. The molecular formula is C36H36. The van der Waals surface area contributed by atoms with Crippen LogP contribution in [0.3, 0.4) is 0 Å². The van der Waals surface area contributed by atoms with Gasteiger partial charge in [-0.3, -0.25) is 0 Å². The van der Waals surface area contributed by atoms with Crippen LogP contribution in [-0.4, -0.2) is 0 Å². The van der Waals surface area contributed by atoms with Gasteiger partial charge < -0.3 is 0 Å². The van der Waals surface area contributed by atoms with E-state index in [1.54, 1.807) is 0 Å². The van der Waals surface area contributed by atoms with Crippen molar-refractivity contribution in [1.82, 2.24) is 0 Å². The van der Waals surface area contributed by atoms with Crippen LogP contribution in [0.5, 0.6) is 0 Å². The van der Waals surface area contributed by atoms with Crippen molar-refractivity contribution in [2.24, 2.45) is 5.92 Å². The molecule has 36 heavy (non-hydrogen) atoms. The van der Waals surface area contributed by atoms with Crippen molar-refractivity contribution in [3.63, 3.8) is 0 Å². The van der Waals surface area contributed by atoms with E-state index >= 15 is 0 Å². The fourth-order valence-electron chi connectivity index (χ4n) is 6.73.